The summed E-state index contributed by atoms with van der Waals surface area (Å²) in [7, 11) is 0. The molecular formula is C14H14FNO2. The number of rotatable bonds is 2. The van der Waals surface area contributed by atoms with Crippen molar-refractivity contribution in [3.63, 3.8) is 0 Å². The number of carboxylic acids is 1. The summed E-state index contributed by atoms with van der Waals surface area (Å²) in [6.45, 7) is 5.32. The van der Waals surface area contributed by atoms with Gasteiger partial charge in [-0.3, -0.25) is 0 Å². The molecule has 0 aliphatic carbocycles. The fraction of sp³-hybridized carbons (Fsp3) is 0.286. The van der Waals surface area contributed by atoms with Crippen LogP contribution in [0.15, 0.2) is 12.1 Å². The van der Waals surface area contributed by atoms with Gasteiger partial charge in [0.05, 0.1) is 5.56 Å². The first-order valence-electron chi connectivity index (χ1n) is 5.78. The molecule has 2 rings (SSSR count). The first kappa shape index (κ1) is 12.5. The van der Waals surface area contributed by atoms with Gasteiger partial charge >= 0.3 is 5.97 Å². The molecule has 4 heteroatoms. The number of carboxylic acid groups (broad SMARTS) is 1. The molecule has 1 aromatic carbocycles. The SMILES string of the molecule is CCc1c(C)nc2c(F)cc(C)cc2c1C(=O)O. The number of hydrogen-bond donors (Lipinski definition) is 1. The molecule has 0 bridgehead atoms. The zero-order chi connectivity index (χ0) is 13.4. The predicted octanol–water partition coefficient (Wildman–Crippen LogP) is 3.25. The number of hydrogen-bond acceptors (Lipinski definition) is 2. The number of aromatic carboxylic acids is 1. The summed E-state index contributed by atoms with van der Waals surface area (Å²) in [5, 5.41) is 9.73. The monoisotopic (exact) mass is 247 g/mol. The van der Waals surface area contributed by atoms with Crippen LogP contribution in [0.4, 0.5) is 4.39 Å². The Morgan fingerprint density at radius 2 is 2.06 bits per heavy atom. The highest BCUT2D eigenvalue weighted by molar-refractivity contribution is 6.04. The van der Waals surface area contributed by atoms with Crippen molar-refractivity contribution in [1.82, 2.24) is 4.98 Å². The second kappa shape index (κ2) is 4.37. The van der Waals surface area contributed by atoms with Gasteiger partial charge in [-0.1, -0.05) is 6.92 Å². The van der Waals surface area contributed by atoms with Gasteiger partial charge in [0.1, 0.15) is 11.3 Å². The van der Waals surface area contributed by atoms with Gasteiger partial charge in [-0.25, -0.2) is 14.2 Å². The van der Waals surface area contributed by atoms with E-state index in [0.29, 0.717) is 28.6 Å². The summed E-state index contributed by atoms with van der Waals surface area (Å²) in [5.41, 5.74) is 2.23. The van der Waals surface area contributed by atoms with Crippen LogP contribution >= 0.6 is 0 Å². The second-order valence-corrected chi connectivity index (χ2v) is 4.35. The molecule has 0 aliphatic rings. The average Bonchev–Trinajstić information content (AvgIpc) is 2.28. The molecule has 0 fully saturated rings. The lowest BCUT2D eigenvalue weighted by atomic mass is 9.97. The van der Waals surface area contributed by atoms with Crippen molar-refractivity contribution in [2.75, 3.05) is 0 Å². The van der Waals surface area contributed by atoms with Crippen molar-refractivity contribution >= 4 is 16.9 Å². The van der Waals surface area contributed by atoms with E-state index in [1.165, 1.54) is 6.07 Å². The van der Waals surface area contributed by atoms with E-state index in [9.17, 15) is 14.3 Å². The van der Waals surface area contributed by atoms with Gasteiger partial charge in [0.2, 0.25) is 0 Å². The molecule has 0 radical (unpaired) electrons. The van der Waals surface area contributed by atoms with Crippen LogP contribution in [0.25, 0.3) is 10.9 Å². The van der Waals surface area contributed by atoms with Gasteiger partial charge in [0.25, 0.3) is 0 Å². The zero-order valence-corrected chi connectivity index (χ0v) is 10.5. The molecule has 0 atom stereocenters. The van der Waals surface area contributed by atoms with Crippen LogP contribution < -0.4 is 0 Å². The van der Waals surface area contributed by atoms with Gasteiger partial charge < -0.3 is 5.11 Å². The van der Waals surface area contributed by atoms with Crippen molar-refractivity contribution in [2.45, 2.75) is 27.2 Å². The molecule has 0 saturated heterocycles. The molecule has 3 nitrogen and oxygen atoms in total. The highest BCUT2D eigenvalue weighted by atomic mass is 19.1. The number of carbonyl (C=O) groups is 1. The lowest BCUT2D eigenvalue weighted by molar-refractivity contribution is 0.0697. The fourth-order valence-electron chi connectivity index (χ4n) is 2.29. The summed E-state index contributed by atoms with van der Waals surface area (Å²) in [6.07, 6.45) is 0.561. The molecular weight excluding hydrogens is 233 g/mol. The Kier molecular flexibility index (Phi) is 3.03. The maximum atomic E-state index is 13.9. The highest BCUT2D eigenvalue weighted by Crippen LogP contribution is 2.27. The van der Waals surface area contributed by atoms with E-state index in [0.717, 1.165) is 0 Å². The van der Waals surface area contributed by atoms with Crippen LogP contribution in [0, 0.1) is 19.7 Å². The maximum Gasteiger partial charge on any atom is 0.336 e. The molecule has 0 aliphatic heterocycles. The molecule has 94 valence electrons. The Labute approximate surface area is 104 Å². The molecule has 0 saturated carbocycles. The molecule has 2 aromatic rings. The minimum Gasteiger partial charge on any atom is -0.478 e. The highest BCUT2D eigenvalue weighted by Gasteiger charge is 2.19. The molecule has 0 unspecified atom stereocenters. The topological polar surface area (TPSA) is 50.2 Å². The fourth-order valence-corrected chi connectivity index (χ4v) is 2.29. The van der Waals surface area contributed by atoms with Crippen LogP contribution in [-0.4, -0.2) is 16.1 Å². The molecule has 18 heavy (non-hydrogen) atoms. The van der Waals surface area contributed by atoms with E-state index in [1.807, 2.05) is 6.92 Å². The van der Waals surface area contributed by atoms with Crippen LogP contribution in [-0.2, 0) is 6.42 Å². The third-order valence-electron chi connectivity index (χ3n) is 3.06. The Balaban J connectivity index is 3.01. The zero-order valence-electron chi connectivity index (χ0n) is 10.5. The number of aryl methyl sites for hydroxylation is 2. The van der Waals surface area contributed by atoms with Gasteiger partial charge in [-0.2, -0.15) is 0 Å². The van der Waals surface area contributed by atoms with Crippen molar-refractivity contribution in [3.05, 3.63) is 40.3 Å². The predicted molar refractivity (Wildman–Crippen MR) is 67.5 cm³/mol. The molecule has 1 N–H and O–H groups in total. The third-order valence-corrected chi connectivity index (χ3v) is 3.06. The summed E-state index contributed by atoms with van der Waals surface area (Å²) < 4.78 is 13.9. The molecule has 0 amide bonds. The van der Waals surface area contributed by atoms with Crippen molar-refractivity contribution in [3.8, 4) is 0 Å². The van der Waals surface area contributed by atoms with E-state index >= 15 is 0 Å². The van der Waals surface area contributed by atoms with Crippen molar-refractivity contribution < 1.29 is 14.3 Å². The number of benzene rings is 1. The van der Waals surface area contributed by atoms with Crippen LogP contribution in [0.3, 0.4) is 0 Å². The van der Waals surface area contributed by atoms with E-state index in [2.05, 4.69) is 4.98 Å². The molecule has 0 spiro atoms. The summed E-state index contributed by atoms with van der Waals surface area (Å²) >= 11 is 0. The van der Waals surface area contributed by atoms with Gasteiger partial charge in [0, 0.05) is 11.1 Å². The lowest BCUT2D eigenvalue weighted by Gasteiger charge is -2.12. The largest absolute Gasteiger partial charge is 0.478 e. The first-order valence-corrected chi connectivity index (χ1v) is 5.78. The van der Waals surface area contributed by atoms with Crippen LogP contribution in [0.1, 0.15) is 34.1 Å². The molecule has 1 aromatic heterocycles. The Bertz CT molecular complexity index is 650. The average molecular weight is 247 g/mol. The van der Waals surface area contributed by atoms with E-state index < -0.39 is 11.8 Å². The number of aromatic nitrogens is 1. The summed E-state index contributed by atoms with van der Waals surface area (Å²) in [6, 6.07) is 3.04. The Morgan fingerprint density at radius 1 is 1.39 bits per heavy atom. The Morgan fingerprint density at radius 3 is 2.61 bits per heavy atom. The number of pyridine rings is 1. The first-order chi connectivity index (χ1) is 8.45. The summed E-state index contributed by atoms with van der Waals surface area (Å²) in [4.78, 5) is 15.6. The minimum absolute atomic E-state index is 0.132. The van der Waals surface area contributed by atoms with E-state index in [1.54, 1.807) is 19.9 Å². The minimum atomic E-state index is -1.03. The Hall–Kier alpha value is -1.97. The van der Waals surface area contributed by atoms with E-state index in [-0.39, 0.29) is 11.1 Å². The number of halogens is 1. The van der Waals surface area contributed by atoms with Gasteiger partial charge in [0.15, 0.2) is 0 Å². The normalized spacial score (nSPS) is 10.9. The third kappa shape index (κ3) is 1.83. The standard InChI is InChI=1S/C14H14FNO2/c1-4-9-8(3)16-13-10(12(9)14(17)18)5-7(2)6-11(13)15/h5-6H,4H2,1-3H3,(H,17,18). The van der Waals surface area contributed by atoms with Gasteiger partial charge in [-0.15, -0.1) is 0 Å². The van der Waals surface area contributed by atoms with Crippen LogP contribution in [0.2, 0.25) is 0 Å². The lowest BCUT2D eigenvalue weighted by Crippen LogP contribution is -2.08. The molecule has 1 heterocycles. The smallest absolute Gasteiger partial charge is 0.336 e. The summed E-state index contributed by atoms with van der Waals surface area (Å²) in [5.74, 6) is -1.51. The van der Waals surface area contributed by atoms with Crippen molar-refractivity contribution in [1.29, 1.82) is 0 Å². The quantitative estimate of drug-likeness (QED) is 0.886. The van der Waals surface area contributed by atoms with Crippen LogP contribution in [0.5, 0.6) is 0 Å². The van der Waals surface area contributed by atoms with E-state index in [4.69, 9.17) is 0 Å². The number of nitrogens with zero attached hydrogens (tertiary/aromatic N) is 1. The number of fused-ring (bicyclic) bond motifs is 1. The van der Waals surface area contributed by atoms with Crippen molar-refractivity contribution in [2.24, 2.45) is 0 Å². The maximum absolute atomic E-state index is 13.9. The van der Waals surface area contributed by atoms with Gasteiger partial charge in [-0.05, 0) is 43.5 Å². The second-order valence-electron chi connectivity index (χ2n) is 4.35.